The van der Waals surface area contributed by atoms with Crippen molar-refractivity contribution in [1.29, 1.82) is 0 Å². The number of nitrogens with zero attached hydrogens (tertiary/aromatic N) is 1. The van der Waals surface area contributed by atoms with Crippen molar-refractivity contribution in [2.45, 2.75) is 13.0 Å². The monoisotopic (exact) mass is 225 g/mol. The van der Waals surface area contributed by atoms with Crippen LogP contribution < -0.4 is 11.1 Å². The van der Waals surface area contributed by atoms with Gasteiger partial charge in [-0.1, -0.05) is 12.2 Å². The molecule has 0 aromatic carbocycles. The Morgan fingerprint density at radius 2 is 2.40 bits per heavy atom. The van der Waals surface area contributed by atoms with Gasteiger partial charge in [-0.3, -0.25) is 0 Å². The number of hydrogen-bond donors (Lipinski definition) is 2. The molecule has 0 saturated heterocycles. The van der Waals surface area contributed by atoms with Crippen LogP contribution in [0.25, 0.3) is 0 Å². The number of methoxy groups -OCH3 is 1. The van der Waals surface area contributed by atoms with Gasteiger partial charge in [0, 0.05) is 24.9 Å². The first-order valence-corrected chi connectivity index (χ1v) is 5.05. The van der Waals surface area contributed by atoms with E-state index in [0.29, 0.717) is 11.6 Å². The summed E-state index contributed by atoms with van der Waals surface area (Å²) in [6, 6.07) is 3.91. The molecule has 3 N–H and O–H groups in total. The maximum atomic E-state index is 5.46. The molecular weight excluding hydrogens is 210 g/mol. The SMILES string of the molecule is COCC(C)Nc1ccc(C(N)=S)cn1. The van der Waals surface area contributed by atoms with Crippen molar-refractivity contribution in [3.8, 4) is 0 Å². The third kappa shape index (κ3) is 3.81. The van der Waals surface area contributed by atoms with Crippen molar-refractivity contribution in [2.75, 3.05) is 19.0 Å². The van der Waals surface area contributed by atoms with E-state index in [0.717, 1.165) is 11.4 Å². The van der Waals surface area contributed by atoms with Gasteiger partial charge in [0.1, 0.15) is 10.8 Å². The molecule has 0 fully saturated rings. The fourth-order valence-corrected chi connectivity index (χ4v) is 1.29. The maximum absolute atomic E-state index is 5.46. The fraction of sp³-hybridized carbons (Fsp3) is 0.400. The summed E-state index contributed by atoms with van der Waals surface area (Å²) in [5, 5.41) is 3.19. The number of hydrogen-bond acceptors (Lipinski definition) is 4. The molecule has 1 atom stereocenters. The van der Waals surface area contributed by atoms with E-state index in [1.807, 2.05) is 19.1 Å². The van der Waals surface area contributed by atoms with Crippen LogP contribution in [0.5, 0.6) is 0 Å². The van der Waals surface area contributed by atoms with Crippen LogP contribution in [0.2, 0.25) is 0 Å². The van der Waals surface area contributed by atoms with E-state index >= 15 is 0 Å². The summed E-state index contributed by atoms with van der Waals surface area (Å²) in [6.07, 6.45) is 1.66. The molecule has 0 aliphatic rings. The van der Waals surface area contributed by atoms with Gasteiger partial charge in [-0.25, -0.2) is 4.98 Å². The summed E-state index contributed by atoms with van der Waals surface area (Å²) in [5.41, 5.74) is 6.24. The number of ether oxygens (including phenoxy) is 1. The Labute approximate surface area is 94.8 Å². The minimum absolute atomic E-state index is 0.221. The molecule has 0 aliphatic heterocycles. The van der Waals surface area contributed by atoms with Crippen LogP contribution in [0.15, 0.2) is 18.3 Å². The molecule has 0 spiro atoms. The Kier molecular flexibility index (Phi) is 4.45. The topological polar surface area (TPSA) is 60.2 Å². The molecular formula is C10H15N3OS. The Balaban J connectivity index is 2.60. The second-order valence-electron chi connectivity index (χ2n) is 3.30. The highest BCUT2D eigenvalue weighted by molar-refractivity contribution is 7.80. The smallest absolute Gasteiger partial charge is 0.126 e. The number of thiocarbonyl (C=S) groups is 1. The molecule has 4 nitrogen and oxygen atoms in total. The summed E-state index contributed by atoms with van der Waals surface area (Å²) in [7, 11) is 1.67. The van der Waals surface area contributed by atoms with Crippen molar-refractivity contribution >= 4 is 23.0 Å². The van der Waals surface area contributed by atoms with Crippen LogP contribution in [0.4, 0.5) is 5.82 Å². The van der Waals surface area contributed by atoms with Crippen molar-refractivity contribution in [3.63, 3.8) is 0 Å². The molecule has 82 valence electrons. The maximum Gasteiger partial charge on any atom is 0.126 e. The van der Waals surface area contributed by atoms with Crippen molar-refractivity contribution < 1.29 is 4.74 Å². The van der Waals surface area contributed by atoms with E-state index in [-0.39, 0.29) is 6.04 Å². The van der Waals surface area contributed by atoms with Gasteiger partial charge < -0.3 is 15.8 Å². The number of nitrogens with one attached hydrogen (secondary N) is 1. The number of pyridine rings is 1. The molecule has 1 aromatic rings. The van der Waals surface area contributed by atoms with Crippen LogP contribution in [0.1, 0.15) is 12.5 Å². The quantitative estimate of drug-likeness (QED) is 0.736. The van der Waals surface area contributed by atoms with Gasteiger partial charge >= 0.3 is 0 Å². The van der Waals surface area contributed by atoms with Gasteiger partial charge in [0.2, 0.25) is 0 Å². The Morgan fingerprint density at radius 3 is 2.87 bits per heavy atom. The lowest BCUT2D eigenvalue weighted by Crippen LogP contribution is -2.21. The highest BCUT2D eigenvalue weighted by atomic mass is 32.1. The van der Waals surface area contributed by atoms with Gasteiger partial charge in [0.25, 0.3) is 0 Å². The van der Waals surface area contributed by atoms with Crippen LogP contribution in [0, 0.1) is 0 Å². The summed E-state index contributed by atoms with van der Waals surface area (Å²) in [4.78, 5) is 4.55. The zero-order chi connectivity index (χ0) is 11.3. The van der Waals surface area contributed by atoms with E-state index < -0.39 is 0 Å². The molecule has 0 bridgehead atoms. The first-order chi connectivity index (χ1) is 7.13. The lowest BCUT2D eigenvalue weighted by molar-refractivity contribution is 0.190. The molecule has 0 radical (unpaired) electrons. The summed E-state index contributed by atoms with van der Waals surface area (Å²) in [6.45, 7) is 2.66. The highest BCUT2D eigenvalue weighted by Crippen LogP contribution is 2.06. The summed E-state index contributed by atoms with van der Waals surface area (Å²) >= 11 is 4.83. The van der Waals surface area contributed by atoms with Gasteiger partial charge in [-0.05, 0) is 19.1 Å². The predicted octanol–water partition coefficient (Wildman–Crippen LogP) is 1.16. The van der Waals surface area contributed by atoms with Gasteiger partial charge in [-0.15, -0.1) is 0 Å². The second-order valence-corrected chi connectivity index (χ2v) is 3.74. The minimum Gasteiger partial charge on any atom is -0.389 e. The van der Waals surface area contributed by atoms with Crippen LogP contribution in [-0.2, 0) is 4.74 Å². The van der Waals surface area contributed by atoms with E-state index in [9.17, 15) is 0 Å². The van der Waals surface area contributed by atoms with Gasteiger partial charge in [-0.2, -0.15) is 0 Å². The molecule has 1 heterocycles. The summed E-state index contributed by atoms with van der Waals surface area (Å²) < 4.78 is 5.01. The van der Waals surface area contributed by atoms with Gasteiger partial charge in [0.05, 0.1) is 6.61 Å². The number of rotatable bonds is 5. The molecule has 0 saturated carbocycles. The van der Waals surface area contributed by atoms with E-state index in [2.05, 4.69) is 10.3 Å². The fourth-order valence-electron chi connectivity index (χ4n) is 1.17. The summed E-state index contributed by atoms with van der Waals surface area (Å²) in [5.74, 6) is 0.791. The zero-order valence-electron chi connectivity index (χ0n) is 8.86. The Morgan fingerprint density at radius 1 is 1.67 bits per heavy atom. The third-order valence-corrected chi connectivity index (χ3v) is 2.09. The molecule has 0 aliphatic carbocycles. The molecule has 1 rings (SSSR count). The van der Waals surface area contributed by atoms with E-state index in [4.69, 9.17) is 22.7 Å². The average Bonchev–Trinajstić information content (AvgIpc) is 2.18. The van der Waals surface area contributed by atoms with Crippen LogP contribution >= 0.6 is 12.2 Å². The van der Waals surface area contributed by atoms with Crippen molar-refractivity contribution in [1.82, 2.24) is 4.98 Å². The Bertz CT molecular complexity index is 326. The van der Waals surface area contributed by atoms with Gasteiger partial charge in [0.15, 0.2) is 0 Å². The van der Waals surface area contributed by atoms with E-state index in [1.54, 1.807) is 13.3 Å². The largest absolute Gasteiger partial charge is 0.389 e. The molecule has 0 amide bonds. The number of anilines is 1. The average molecular weight is 225 g/mol. The second kappa shape index (κ2) is 5.63. The third-order valence-electron chi connectivity index (χ3n) is 1.86. The van der Waals surface area contributed by atoms with Crippen molar-refractivity contribution in [2.24, 2.45) is 5.73 Å². The first-order valence-electron chi connectivity index (χ1n) is 4.65. The highest BCUT2D eigenvalue weighted by Gasteiger charge is 2.02. The van der Waals surface area contributed by atoms with Crippen LogP contribution in [-0.4, -0.2) is 29.7 Å². The standard InChI is InChI=1S/C10H15N3OS/c1-7(6-14-2)13-9-4-3-8(5-12-9)10(11)15/h3-5,7H,6H2,1-2H3,(H2,11,15)(H,12,13). The lowest BCUT2D eigenvalue weighted by Gasteiger charge is -2.13. The van der Waals surface area contributed by atoms with Crippen LogP contribution in [0.3, 0.4) is 0 Å². The molecule has 1 aromatic heterocycles. The lowest BCUT2D eigenvalue weighted by atomic mass is 10.3. The molecule has 15 heavy (non-hydrogen) atoms. The van der Waals surface area contributed by atoms with E-state index in [1.165, 1.54) is 0 Å². The minimum atomic E-state index is 0.221. The van der Waals surface area contributed by atoms with Crippen molar-refractivity contribution in [3.05, 3.63) is 23.9 Å². The first kappa shape index (κ1) is 11.9. The number of nitrogens with two attached hydrogens (primary N) is 1. The molecule has 1 unspecified atom stereocenters. The normalized spacial score (nSPS) is 12.1. The molecule has 5 heteroatoms. The predicted molar refractivity (Wildman–Crippen MR) is 65.1 cm³/mol. The number of aromatic nitrogens is 1. The zero-order valence-corrected chi connectivity index (χ0v) is 9.67. The Hall–Kier alpha value is -1.20.